The van der Waals surface area contributed by atoms with Crippen LogP contribution in [0, 0.1) is 5.92 Å². The molecule has 0 aromatic heterocycles. The molecule has 1 aromatic carbocycles. The molecule has 1 atom stereocenters. The molecule has 0 unspecified atom stereocenters. The van der Waals surface area contributed by atoms with Gasteiger partial charge in [-0.2, -0.15) is 13.2 Å². The number of benzene rings is 1. The number of alkyl halides is 3. The topological polar surface area (TPSA) is 52.7 Å². The van der Waals surface area contributed by atoms with E-state index in [0.717, 1.165) is 25.1 Å². The van der Waals surface area contributed by atoms with Crippen molar-refractivity contribution < 1.29 is 22.8 Å². The number of carbonyl (C=O) groups is 2. The maximum absolute atomic E-state index is 12.6. The minimum Gasteiger partial charge on any atom is -0.353 e. The molecule has 2 amide bonds. The van der Waals surface area contributed by atoms with Crippen molar-refractivity contribution in [3.63, 3.8) is 0 Å². The van der Waals surface area contributed by atoms with E-state index in [4.69, 9.17) is 0 Å². The Labute approximate surface area is 163 Å². The highest BCUT2D eigenvalue weighted by Gasteiger charge is 2.32. The van der Waals surface area contributed by atoms with E-state index in [1.165, 1.54) is 17.0 Å². The summed E-state index contributed by atoms with van der Waals surface area (Å²) < 4.78 is 37.9. The van der Waals surface area contributed by atoms with Crippen LogP contribution in [-0.4, -0.2) is 54.3 Å². The molecular weight excluding hydrogens is 371 g/mol. The van der Waals surface area contributed by atoms with Crippen LogP contribution in [0.5, 0.6) is 0 Å². The number of amides is 2. The van der Waals surface area contributed by atoms with E-state index < -0.39 is 17.8 Å². The van der Waals surface area contributed by atoms with Crippen LogP contribution in [0.15, 0.2) is 24.3 Å². The Kier molecular flexibility index (Phi) is 7.46. The van der Waals surface area contributed by atoms with Gasteiger partial charge in [-0.1, -0.05) is 26.0 Å². The van der Waals surface area contributed by atoms with Crippen molar-refractivity contribution in [1.29, 1.82) is 0 Å². The maximum atomic E-state index is 12.6. The van der Waals surface area contributed by atoms with Gasteiger partial charge in [0.15, 0.2) is 0 Å². The van der Waals surface area contributed by atoms with E-state index in [1.54, 1.807) is 7.05 Å². The molecular formula is C20H28F3N3O2. The molecule has 0 spiro atoms. The zero-order valence-electron chi connectivity index (χ0n) is 16.6. The average molecular weight is 399 g/mol. The summed E-state index contributed by atoms with van der Waals surface area (Å²) in [6.07, 6.45) is -3.38. The Balaban J connectivity index is 1.96. The van der Waals surface area contributed by atoms with Gasteiger partial charge < -0.3 is 10.2 Å². The molecule has 0 aliphatic carbocycles. The summed E-state index contributed by atoms with van der Waals surface area (Å²) in [4.78, 5) is 28.4. The minimum absolute atomic E-state index is 0.0566. The van der Waals surface area contributed by atoms with Crippen LogP contribution in [0.1, 0.15) is 37.8 Å². The Morgan fingerprint density at radius 2 is 1.93 bits per heavy atom. The Morgan fingerprint density at radius 3 is 2.50 bits per heavy atom. The van der Waals surface area contributed by atoms with Gasteiger partial charge in [-0.25, -0.2) is 0 Å². The van der Waals surface area contributed by atoms with Gasteiger partial charge in [0.05, 0.1) is 18.0 Å². The summed E-state index contributed by atoms with van der Waals surface area (Å²) in [5.74, 6) is 0.145. The second-order valence-corrected chi connectivity index (χ2v) is 7.67. The molecule has 1 heterocycles. The van der Waals surface area contributed by atoms with Gasteiger partial charge >= 0.3 is 6.18 Å². The number of rotatable bonds is 7. The van der Waals surface area contributed by atoms with E-state index >= 15 is 0 Å². The van der Waals surface area contributed by atoms with Crippen LogP contribution in [0.3, 0.4) is 0 Å². The third-order valence-corrected chi connectivity index (χ3v) is 4.93. The summed E-state index contributed by atoms with van der Waals surface area (Å²) in [5.41, 5.74) is -0.112. The minimum atomic E-state index is -4.38. The van der Waals surface area contributed by atoms with Crippen LogP contribution in [-0.2, 0) is 22.3 Å². The third kappa shape index (κ3) is 6.22. The summed E-state index contributed by atoms with van der Waals surface area (Å²) >= 11 is 0. The normalized spacial score (nSPS) is 18.2. The van der Waals surface area contributed by atoms with Crippen LogP contribution in [0.25, 0.3) is 0 Å². The van der Waals surface area contributed by atoms with Crippen molar-refractivity contribution in [2.45, 2.75) is 45.5 Å². The SMILES string of the molecule is CC(C)CCN1CCNC(=O)[C@@H]1CC(=O)N(C)Cc1ccc(C(F)(F)F)cc1. The molecule has 0 radical (unpaired) electrons. The molecule has 1 fully saturated rings. The van der Waals surface area contributed by atoms with Crippen molar-refractivity contribution in [3.8, 4) is 0 Å². The van der Waals surface area contributed by atoms with Crippen LogP contribution in [0.2, 0.25) is 0 Å². The largest absolute Gasteiger partial charge is 0.416 e. The maximum Gasteiger partial charge on any atom is 0.416 e. The molecule has 0 bridgehead atoms. The van der Waals surface area contributed by atoms with Crippen molar-refractivity contribution in [1.82, 2.24) is 15.1 Å². The zero-order chi connectivity index (χ0) is 20.9. The number of hydrogen-bond donors (Lipinski definition) is 1. The molecule has 0 saturated carbocycles. The van der Waals surface area contributed by atoms with E-state index in [1.807, 2.05) is 4.90 Å². The summed E-state index contributed by atoms with van der Waals surface area (Å²) in [7, 11) is 1.60. The first-order chi connectivity index (χ1) is 13.1. The molecule has 5 nitrogen and oxygen atoms in total. The second kappa shape index (κ2) is 9.41. The smallest absolute Gasteiger partial charge is 0.353 e. The van der Waals surface area contributed by atoms with Gasteiger partial charge in [-0.05, 0) is 36.6 Å². The lowest BCUT2D eigenvalue weighted by atomic mass is 10.0. The molecule has 156 valence electrons. The molecule has 2 rings (SSSR count). The fourth-order valence-electron chi connectivity index (χ4n) is 3.16. The fourth-order valence-corrected chi connectivity index (χ4v) is 3.16. The molecule has 1 saturated heterocycles. The van der Waals surface area contributed by atoms with Gasteiger partial charge in [0.25, 0.3) is 0 Å². The number of halogens is 3. The lowest BCUT2D eigenvalue weighted by Gasteiger charge is -2.35. The first-order valence-electron chi connectivity index (χ1n) is 9.49. The van der Waals surface area contributed by atoms with Gasteiger partial charge in [0.1, 0.15) is 0 Å². The highest BCUT2D eigenvalue weighted by Crippen LogP contribution is 2.29. The van der Waals surface area contributed by atoms with Crippen molar-refractivity contribution in [2.75, 3.05) is 26.7 Å². The fraction of sp³-hybridized carbons (Fsp3) is 0.600. The van der Waals surface area contributed by atoms with Crippen LogP contribution < -0.4 is 5.32 Å². The quantitative estimate of drug-likeness (QED) is 0.767. The van der Waals surface area contributed by atoms with Crippen molar-refractivity contribution in [3.05, 3.63) is 35.4 Å². The lowest BCUT2D eigenvalue weighted by Crippen LogP contribution is -2.56. The van der Waals surface area contributed by atoms with E-state index in [9.17, 15) is 22.8 Å². The molecule has 8 heteroatoms. The number of piperazine rings is 1. The molecule has 28 heavy (non-hydrogen) atoms. The molecule has 1 aromatic rings. The first-order valence-corrected chi connectivity index (χ1v) is 9.49. The highest BCUT2D eigenvalue weighted by atomic mass is 19.4. The first kappa shape index (κ1) is 22.2. The van der Waals surface area contributed by atoms with E-state index in [2.05, 4.69) is 19.2 Å². The van der Waals surface area contributed by atoms with E-state index in [0.29, 0.717) is 24.6 Å². The van der Waals surface area contributed by atoms with Gasteiger partial charge in [-0.3, -0.25) is 14.5 Å². The van der Waals surface area contributed by atoms with Crippen LogP contribution in [0.4, 0.5) is 13.2 Å². The van der Waals surface area contributed by atoms with Gasteiger partial charge in [-0.15, -0.1) is 0 Å². The summed E-state index contributed by atoms with van der Waals surface area (Å²) in [6, 6.07) is 4.25. The average Bonchev–Trinajstić information content (AvgIpc) is 2.61. The van der Waals surface area contributed by atoms with E-state index in [-0.39, 0.29) is 24.8 Å². The summed E-state index contributed by atoms with van der Waals surface area (Å²) in [5, 5.41) is 2.81. The third-order valence-electron chi connectivity index (χ3n) is 4.93. The number of nitrogens with one attached hydrogen (secondary N) is 1. The molecule has 1 aliphatic heterocycles. The molecule has 1 aliphatic rings. The highest BCUT2D eigenvalue weighted by molar-refractivity contribution is 5.88. The van der Waals surface area contributed by atoms with Gasteiger partial charge in [0, 0.05) is 26.7 Å². The predicted octanol–water partition coefficient (Wildman–Crippen LogP) is 2.90. The van der Waals surface area contributed by atoms with Crippen LogP contribution >= 0.6 is 0 Å². The molecule has 1 N–H and O–H groups in total. The second-order valence-electron chi connectivity index (χ2n) is 7.67. The van der Waals surface area contributed by atoms with Gasteiger partial charge in [0.2, 0.25) is 11.8 Å². The Morgan fingerprint density at radius 1 is 1.29 bits per heavy atom. The predicted molar refractivity (Wildman–Crippen MR) is 100 cm³/mol. The summed E-state index contributed by atoms with van der Waals surface area (Å²) in [6.45, 7) is 6.45. The number of carbonyl (C=O) groups excluding carboxylic acids is 2. The Bertz CT molecular complexity index is 674. The number of hydrogen-bond acceptors (Lipinski definition) is 3. The zero-order valence-corrected chi connectivity index (χ0v) is 16.6. The Hall–Kier alpha value is -2.09. The standard InChI is InChI=1S/C20H28F3N3O2/c1-14(2)8-10-26-11-9-24-19(28)17(26)12-18(27)25(3)13-15-4-6-16(7-5-15)20(21,22)23/h4-7,14,17H,8-13H2,1-3H3,(H,24,28)/t17-/m0/s1. The monoisotopic (exact) mass is 399 g/mol. The lowest BCUT2D eigenvalue weighted by molar-refractivity contribution is -0.138. The van der Waals surface area contributed by atoms with Crippen molar-refractivity contribution >= 4 is 11.8 Å². The number of nitrogens with zero attached hydrogens (tertiary/aromatic N) is 2. The van der Waals surface area contributed by atoms with Crippen molar-refractivity contribution in [2.24, 2.45) is 5.92 Å².